The van der Waals surface area contributed by atoms with E-state index >= 15 is 0 Å². The average Bonchev–Trinajstić information content (AvgIpc) is 3.61. The molecule has 36 heavy (non-hydrogen) atoms. The summed E-state index contributed by atoms with van der Waals surface area (Å²) in [7, 11) is 3.03. The van der Waals surface area contributed by atoms with Gasteiger partial charge >= 0.3 is 5.97 Å². The molecule has 186 valence electrons. The third-order valence-corrected chi connectivity index (χ3v) is 5.56. The highest BCUT2D eigenvalue weighted by atomic mass is 16.5. The number of para-hydroxylation sites is 1. The first kappa shape index (κ1) is 24.5. The number of nitrogens with one attached hydrogen (secondary N) is 1. The molecular weight excluding hydrogens is 466 g/mol. The van der Waals surface area contributed by atoms with Crippen molar-refractivity contribution in [2.45, 2.75) is 12.5 Å². The number of carbonyl (C=O) groups is 3. The average molecular weight is 492 g/mol. The molecule has 1 N–H and O–H groups in total. The fourth-order valence-electron chi connectivity index (χ4n) is 3.74. The van der Waals surface area contributed by atoms with Crippen molar-refractivity contribution in [3.63, 3.8) is 0 Å². The quantitative estimate of drug-likeness (QED) is 0.457. The molecule has 2 heterocycles. The van der Waals surface area contributed by atoms with Crippen molar-refractivity contribution < 1.29 is 33.0 Å². The lowest BCUT2D eigenvalue weighted by atomic mass is 10.0. The lowest BCUT2D eigenvalue weighted by molar-refractivity contribution is -0.152. The Morgan fingerprint density at radius 3 is 2.50 bits per heavy atom. The Hall–Kier alpha value is -4.60. The number of hydrogen-bond acceptors (Lipinski definition) is 8. The van der Waals surface area contributed by atoms with Crippen molar-refractivity contribution in [2.75, 3.05) is 27.4 Å². The van der Waals surface area contributed by atoms with Crippen molar-refractivity contribution in [1.82, 2.24) is 10.3 Å². The van der Waals surface area contributed by atoms with E-state index in [4.69, 9.17) is 18.6 Å². The standard InChI is InChI=1S/C26H25N3O7/c1-33-18-11-9-17(10-12-18)20-14-21(23-8-5-13-35-23)29(28-20)24(30)16-36-25(31)15-27-26(32)19-6-3-4-7-22(19)34-2/h3-13,21H,14-16H2,1-2H3,(H,27,32)/t21-/m1/s1. The Morgan fingerprint density at radius 2 is 1.81 bits per heavy atom. The van der Waals surface area contributed by atoms with E-state index in [9.17, 15) is 14.4 Å². The number of benzene rings is 2. The van der Waals surface area contributed by atoms with Crippen molar-refractivity contribution in [2.24, 2.45) is 5.10 Å². The van der Waals surface area contributed by atoms with E-state index < -0.39 is 37.0 Å². The molecule has 3 aromatic rings. The topological polar surface area (TPSA) is 120 Å². The molecule has 0 spiro atoms. The smallest absolute Gasteiger partial charge is 0.325 e. The van der Waals surface area contributed by atoms with Crippen molar-refractivity contribution in [1.29, 1.82) is 0 Å². The predicted octanol–water partition coefficient (Wildman–Crippen LogP) is 2.95. The van der Waals surface area contributed by atoms with E-state index in [-0.39, 0.29) is 5.56 Å². The molecule has 1 aliphatic heterocycles. The first-order valence-electron chi connectivity index (χ1n) is 11.1. The Balaban J connectivity index is 1.38. The summed E-state index contributed by atoms with van der Waals surface area (Å²) in [4.78, 5) is 37.5. The summed E-state index contributed by atoms with van der Waals surface area (Å²) in [5.74, 6) is -0.142. The van der Waals surface area contributed by atoms with Gasteiger partial charge in [-0.1, -0.05) is 12.1 Å². The van der Waals surface area contributed by atoms with Crippen LogP contribution in [0.5, 0.6) is 11.5 Å². The number of amides is 2. The third kappa shape index (κ3) is 5.54. The van der Waals surface area contributed by atoms with Crippen molar-refractivity contribution >= 4 is 23.5 Å². The Labute approximate surface area is 207 Å². The van der Waals surface area contributed by atoms with Crippen LogP contribution in [0.15, 0.2) is 76.4 Å². The summed E-state index contributed by atoms with van der Waals surface area (Å²) >= 11 is 0. The highest BCUT2D eigenvalue weighted by molar-refractivity contribution is 6.03. The van der Waals surface area contributed by atoms with E-state index in [2.05, 4.69) is 10.4 Å². The number of esters is 1. The van der Waals surface area contributed by atoms with Gasteiger partial charge in [0.1, 0.15) is 29.8 Å². The van der Waals surface area contributed by atoms with Crippen LogP contribution in [0.3, 0.4) is 0 Å². The largest absolute Gasteiger partial charge is 0.497 e. The molecule has 0 unspecified atom stereocenters. The number of hydrazone groups is 1. The third-order valence-electron chi connectivity index (χ3n) is 5.56. The van der Waals surface area contributed by atoms with Crippen LogP contribution in [0.4, 0.5) is 0 Å². The number of furan rings is 1. The van der Waals surface area contributed by atoms with E-state index in [0.717, 1.165) is 5.56 Å². The SMILES string of the molecule is COc1ccc(C2=NN(C(=O)COC(=O)CNC(=O)c3ccccc3OC)[C@@H](c3ccco3)C2)cc1. The minimum absolute atomic E-state index is 0.280. The second-order valence-electron chi connectivity index (χ2n) is 7.79. The molecule has 0 radical (unpaired) electrons. The molecule has 10 nitrogen and oxygen atoms in total. The lowest BCUT2D eigenvalue weighted by Gasteiger charge is -2.19. The van der Waals surface area contributed by atoms with Crippen LogP contribution in [0, 0.1) is 0 Å². The molecule has 0 bridgehead atoms. The number of ether oxygens (including phenoxy) is 3. The molecule has 10 heteroatoms. The molecule has 0 fully saturated rings. The maximum Gasteiger partial charge on any atom is 0.325 e. The number of methoxy groups -OCH3 is 2. The Kier molecular flexibility index (Phi) is 7.64. The molecule has 1 atom stereocenters. The monoisotopic (exact) mass is 491 g/mol. The normalized spacial score (nSPS) is 14.7. The van der Waals surface area contributed by atoms with Gasteiger partial charge in [0.15, 0.2) is 6.61 Å². The van der Waals surface area contributed by atoms with Gasteiger partial charge in [0, 0.05) is 6.42 Å². The van der Waals surface area contributed by atoms with E-state index in [1.165, 1.54) is 18.4 Å². The molecule has 4 rings (SSSR count). The van der Waals surface area contributed by atoms with Crippen molar-refractivity contribution in [3.8, 4) is 11.5 Å². The van der Waals surface area contributed by atoms with E-state index in [1.54, 1.807) is 43.5 Å². The van der Waals surface area contributed by atoms with Gasteiger partial charge in [-0.3, -0.25) is 14.4 Å². The van der Waals surface area contributed by atoms with Crippen LogP contribution in [0.1, 0.15) is 34.1 Å². The number of nitrogens with zero attached hydrogens (tertiary/aromatic N) is 2. The van der Waals surface area contributed by atoms with Crippen LogP contribution in [0.2, 0.25) is 0 Å². The fraction of sp³-hybridized carbons (Fsp3) is 0.231. The molecule has 0 saturated carbocycles. The fourth-order valence-corrected chi connectivity index (χ4v) is 3.74. The maximum absolute atomic E-state index is 13.0. The molecule has 1 aromatic heterocycles. The zero-order chi connectivity index (χ0) is 25.5. The summed E-state index contributed by atoms with van der Waals surface area (Å²) in [6.07, 6.45) is 1.95. The van der Waals surface area contributed by atoms with Gasteiger partial charge in [0.05, 0.1) is 31.8 Å². The van der Waals surface area contributed by atoms with Gasteiger partial charge in [-0.15, -0.1) is 0 Å². The Bertz CT molecular complexity index is 1250. The van der Waals surface area contributed by atoms with Gasteiger partial charge in [0.2, 0.25) is 0 Å². The van der Waals surface area contributed by atoms with Crippen LogP contribution < -0.4 is 14.8 Å². The first-order valence-corrected chi connectivity index (χ1v) is 11.1. The summed E-state index contributed by atoms with van der Waals surface area (Å²) in [5, 5.41) is 8.21. The zero-order valence-electron chi connectivity index (χ0n) is 19.8. The first-order chi connectivity index (χ1) is 17.5. The maximum atomic E-state index is 13.0. The summed E-state index contributed by atoms with van der Waals surface area (Å²) in [5.41, 5.74) is 1.80. The van der Waals surface area contributed by atoms with Gasteiger partial charge < -0.3 is 23.9 Å². The highest BCUT2D eigenvalue weighted by Gasteiger charge is 2.35. The van der Waals surface area contributed by atoms with Gasteiger partial charge in [0.25, 0.3) is 11.8 Å². The van der Waals surface area contributed by atoms with Gasteiger partial charge in [-0.2, -0.15) is 5.10 Å². The minimum atomic E-state index is -0.764. The molecule has 1 aliphatic rings. The van der Waals surface area contributed by atoms with Crippen LogP contribution in [0.25, 0.3) is 0 Å². The number of carbonyl (C=O) groups excluding carboxylic acids is 3. The summed E-state index contributed by atoms with van der Waals surface area (Å²) in [6, 6.07) is 17.0. The molecular formula is C26H25N3O7. The Morgan fingerprint density at radius 1 is 1.03 bits per heavy atom. The molecule has 2 amide bonds. The van der Waals surface area contributed by atoms with Gasteiger partial charge in [-0.05, 0) is 54.1 Å². The second kappa shape index (κ2) is 11.2. The van der Waals surface area contributed by atoms with Crippen LogP contribution >= 0.6 is 0 Å². The highest BCUT2D eigenvalue weighted by Crippen LogP contribution is 2.33. The van der Waals surface area contributed by atoms with E-state index in [0.29, 0.717) is 29.4 Å². The molecule has 0 aliphatic carbocycles. The van der Waals surface area contributed by atoms with E-state index in [1.807, 2.05) is 24.3 Å². The minimum Gasteiger partial charge on any atom is -0.497 e. The lowest BCUT2D eigenvalue weighted by Crippen LogP contribution is -2.34. The molecule has 2 aromatic carbocycles. The summed E-state index contributed by atoms with van der Waals surface area (Å²) < 4.78 is 21.0. The number of hydrogen-bond donors (Lipinski definition) is 1. The predicted molar refractivity (Wildman–Crippen MR) is 129 cm³/mol. The van der Waals surface area contributed by atoms with Crippen molar-refractivity contribution in [3.05, 3.63) is 83.8 Å². The van der Waals surface area contributed by atoms with Crippen LogP contribution in [-0.2, 0) is 14.3 Å². The summed E-state index contributed by atoms with van der Waals surface area (Å²) in [6.45, 7) is -0.952. The molecule has 0 saturated heterocycles. The van der Waals surface area contributed by atoms with Crippen LogP contribution in [-0.4, -0.2) is 55.9 Å². The zero-order valence-corrected chi connectivity index (χ0v) is 19.8. The van der Waals surface area contributed by atoms with Gasteiger partial charge in [-0.25, -0.2) is 5.01 Å². The second-order valence-corrected chi connectivity index (χ2v) is 7.79. The number of rotatable bonds is 9.